The molecule has 0 bridgehead atoms. The van der Waals surface area contributed by atoms with E-state index >= 15 is 0 Å². The van der Waals surface area contributed by atoms with Gasteiger partial charge in [0, 0.05) is 12.1 Å². The Balaban J connectivity index is 0.00000120. The number of methoxy groups -OCH3 is 1. The lowest BCUT2D eigenvalue weighted by Gasteiger charge is -2.19. The van der Waals surface area contributed by atoms with Crippen LogP contribution in [0.5, 0.6) is 5.75 Å². The number of aliphatic imine (C=N–C) groups is 1. The Morgan fingerprint density at radius 3 is 2.89 bits per heavy atom. The van der Waals surface area contributed by atoms with E-state index in [0.29, 0.717) is 0 Å². The summed E-state index contributed by atoms with van der Waals surface area (Å²) in [4.78, 5) is 4.48. The fraction of sp³-hybridized carbons (Fsp3) is 0.357. The number of fused-ring (bicyclic) bond motifs is 1. The van der Waals surface area contributed by atoms with Crippen LogP contribution in [0.2, 0.25) is 0 Å². The third-order valence-electron chi connectivity index (χ3n) is 3.34. The van der Waals surface area contributed by atoms with Gasteiger partial charge in [0.05, 0.1) is 13.7 Å². The fourth-order valence-electron chi connectivity index (χ4n) is 2.50. The number of hydrogen-bond donors (Lipinski definition) is 1. The van der Waals surface area contributed by atoms with Gasteiger partial charge in [0.15, 0.2) is 0 Å². The lowest BCUT2D eigenvalue weighted by atomic mass is 9.91. The van der Waals surface area contributed by atoms with Crippen LogP contribution in [0.1, 0.15) is 17.5 Å². The van der Waals surface area contributed by atoms with Gasteiger partial charge in [0.25, 0.3) is 0 Å². The lowest BCUT2D eigenvalue weighted by molar-refractivity contribution is 0.409. The molecule has 0 atom stereocenters. The average Bonchev–Trinajstić information content (AvgIpc) is 2.91. The molecule has 1 heterocycles. The highest BCUT2D eigenvalue weighted by Crippen LogP contribution is 2.31. The maximum Gasteiger partial charge on any atom is 0.124 e. The highest BCUT2D eigenvalue weighted by Gasteiger charge is 2.18. The van der Waals surface area contributed by atoms with Crippen molar-refractivity contribution >= 4 is 24.3 Å². The van der Waals surface area contributed by atoms with Crippen molar-refractivity contribution in [3.8, 4) is 5.75 Å². The first kappa shape index (κ1) is 13.0. The first-order valence-electron chi connectivity index (χ1n) is 6.03. The van der Waals surface area contributed by atoms with E-state index < -0.39 is 0 Å². The van der Waals surface area contributed by atoms with Gasteiger partial charge in [-0.15, -0.1) is 12.4 Å². The summed E-state index contributed by atoms with van der Waals surface area (Å²) >= 11 is 0. The smallest absolute Gasteiger partial charge is 0.124 e. The normalized spacial score (nSPS) is 16.9. The maximum atomic E-state index is 5.40. The Labute approximate surface area is 113 Å². The summed E-state index contributed by atoms with van der Waals surface area (Å²) in [5, 5.41) is 3.34. The van der Waals surface area contributed by atoms with Crippen LogP contribution in [0.3, 0.4) is 0 Å². The second kappa shape index (κ2) is 5.44. The van der Waals surface area contributed by atoms with E-state index in [4.69, 9.17) is 4.74 Å². The molecule has 2 aliphatic rings. The summed E-state index contributed by atoms with van der Waals surface area (Å²) in [6, 6.07) is 6.22. The molecule has 0 radical (unpaired) electrons. The summed E-state index contributed by atoms with van der Waals surface area (Å²) in [5.41, 5.74) is 3.91. The summed E-state index contributed by atoms with van der Waals surface area (Å²) < 4.78 is 5.40. The van der Waals surface area contributed by atoms with Gasteiger partial charge in [-0.3, -0.25) is 4.99 Å². The van der Waals surface area contributed by atoms with Crippen LogP contribution in [0.15, 0.2) is 28.8 Å². The molecule has 1 N–H and O–H groups in total. The van der Waals surface area contributed by atoms with E-state index in [1.807, 2.05) is 12.1 Å². The van der Waals surface area contributed by atoms with Crippen molar-refractivity contribution in [1.82, 2.24) is 5.32 Å². The third kappa shape index (κ3) is 2.23. The fourth-order valence-corrected chi connectivity index (χ4v) is 2.50. The molecule has 0 amide bonds. The summed E-state index contributed by atoms with van der Waals surface area (Å²) in [5.74, 6) is 2.08. The van der Waals surface area contributed by atoms with Gasteiger partial charge in [-0.25, -0.2) is 0 Å². The van der Waals surface area contributed by atoms with Crippen molar-refractivity contribution < 1.29 is 4.74 Å². The van der Waals surface area contributed by atoms with E-state index in [2.05, 4.69) is 22.5 Å². The predicted molar refractivity (Wildman–Crippen MR) is 76.8 cm³/mol. The standard InChI is InChI=1S/C14H16N2O.ClH/c1-17-13-4-2-3-10-9-11(5-6-12(10)13)14-15-7-8-16-14;/h2-4,9H,5-8H2,1H3,(H,15,16);1H. The van der Waals surface area contributed by atoms with Gasteiger partial charge >= 0.3 is 0 Å². The number of benzene rings is 1. The van der Waals surface area contributed by atoms with Crippen LogP contribution in [-0.4, -0.2) is 26.0 Å². The molecule has 1 aromatic rings. The molecule has 0 fully saturated rings. The Morgan fingerprint density at radius 2 is 2.17 bits per heavy atom. The molecule has 1 aliphatic heterocycles. The minimum absolute atomic E-state index is 0. The molecular formula is C14H17ClN2O. The third-order valence-corrected chi connectivity index (χ3v) is 3.34. The van der Waals surface area contributed by atoms with Crippen molar-refractivity contribution in [3.05, 3.63) is 34.9 Å². The summed E-state index contributed by atoms with van der Waals surface area (Å²) in [6.07, 6.45) is 4.31. The molecule has 3 rings (SSSR count). The molecule has 1 aliphatic carbocycles. The Kier molecular flexibility index (Phi) is 3.92. The highest BCUT2D eigenvalue weighted by molar-refractivity contribution is 6.03. The zero-order valence-electron chi connectivity index (χ0n) is 10.4. The first-order chi connectivity index (χ1) is 8.38. The molecule has 0 unspecified atom stereocenters. The van der Waals surface area contributed by atoms with E-state index in [1.165, 1.54) is 16.7 Å². The number of hydrogen-bond acceptors (Lipinski definition) is 3. The molecule has 0 aromatic heterocycles. The number of rotatable bonds is 2. The van der Waals surface area contributed by atoms with Crippen LogP contribution in [0.4, 0.5) is 0 Å². The van der Waals surface area contributed by atoms with Crippen molar-refractivity contribution in [2.45, 2.75) is 12.8 Å². The molecule has 0 saturated heterocycles. The van der Waals surface area contributed by atoms with E-state index in [9.17, 15) is 0 Å². The second-order valence-electron chi connectivity index (χ2n) is 4.35. The number of ether oxygens (including phenoxy) is 1. The highest BCUT2D eigenvalue weighted by atomic mass is 35.5. The van der Waals surface area contributed by atoms with E-state index in [0.717, 1.165) is 37.5 Å². The molecule has 0 spiro atoms. The Hall–Kier alpha value is -1.48. The topological polar surface area (TPSA) is 33.6 Å². The molecule has 1 aromatic carbocycles. The van der Waals surface area contributed by atoms with Gasteiger partial charge < -0.3 is 10.1 Å². The molecule has 0 saturated carbocycles. The number of nitrogens with zero attached hydrogens (tertiary/aromatic N) is 1. The van der Waals surface area contributed by atoms with Crippen LogP contribution in [-0.2, 0) is 6.42 Å². The van der Waals surface area contributed by atoms with Gasteiger partial charge in [0.2, 0.25) is 0 Å². The van der Waals surface area contributed by atoms with Gasteiger partial charge in [-0.05, 0) is 36.1 Å². The number of halogens is 1. The second-order valence-corrected chi connectivity index (χ2v) is 4.35. The summed E-state index contributed by atoms with van der Waals surface area (Å²) in [7, 11) is 1.73. The van der Waals surface area contributed by atoms with Crippen LogP contribution >= 0.6 is 12.4 Å². The molecule has 18 heavy (non-hydrogen) atoms. The quantitative estimate of drug-likeness (QED) is 0.890. The van der Waals surface area contributed by atoms with Gasteiger partial charge in [0.1, 0.15) is 11.6 Å². The molecule has 4 heteroatoms. The zero-order chi connectivity index (χ0) is 11.7. The number of nitrogens with one attached hydrogen (secondary N) is 1. The van der Waals surface area contributed by atoms with Gasteiger partial charge in [-0.1, -0.05) is 12.1 Å². The molecule has 96 valence electrons. The Bertz CT molecular complexity index is 509. The predicted octanol–water partition coefficient (Wildman–Crippen LogP) is 2.45. The lowest BCUT2D eigenvalue weighted by Crippen LogP contribution is -2.22. The van der Waals surface area contributed by atoms with Crippen molar-refractivity contribution in [2.24, 2.45) is 4.99 Å². The van der Waals surface area contributed by atoms with Crippen LogP contribution < -0.4 is 10.1 Å². The first-order valence-corrected chi connectivity index (χ1v) is 6.03. The van der Waals surface area contributed by atoms with Crippen molar-refractivity contribution in [2.75, 3.05) is 20.2 Å². The molecule has 3 nitrogen and oxygen atoms in total. The minimum atomic E-state index is 0. The van der Waals surface area contributed by atoms with E-state index in [-0.39, 0.29) is 12.4 Å². The maximum absolute atomic E-state index is 5.40. The van der Waals surface area contributed by atoms with Crippen LogP contribution in [0.25, 0.3) is 6.08 Å². The minimum Gasteiger partial charge on any atom is -0.496 e. The van der Waals surface area contributed by atoms with Crippen LogP contribution in [0, 0.1) is 0 Å². The average molecular weight is 265 g/mol. The van der Waals surface area contributed by atoms with Gasteiger partial charge in [-0.2, -0.15) is 0 Å². The largest absolute Gasteiger partial charge is 0.496 e. The number of amidine groups is 1. The van der Waals surface area contributed by atoms with Crippen molar-refractivity contribution in [3.63, 3.8) is 0 Å². The summed E-state index contributed by atoms with van der Waals surface area (Å²) in [6.45, 7) is 1.87. The Morgan fingerprint density at radius 1 is 1.28 bits per heavy atom. The van der Waals surface area contributed by atoms with E-state index in [1.54, 1.807) is 7.11 Å². The SMILES string of the molecule is COc1cccc2c1CCC(C1=NCCN1)=C2.Cl. The molecular weight excluding hydrogens is 248 g/mol. The zero-order valence-corrected chi connectivity index (χ0v) is 11.2. The monoisotopic (exact) mass is 264 g/mol. The van der Waals surface area contributed by atoms with Crippen molar-refractivity contribution in [1.29, 1.82) is 0 Å².